The van der Waals surface area contributed by atoms with Crippen LogP contribution in [-0.4, -0.2) is 24.8 Å². The van der Waals surface area contributed by atoms with E-state index in [0.717, 1.165) is 22.6 Å². The topological polar surface area (TPSA) is 56.0 Å². The predicted octanol–water partition coefficient (Wildman–Crippen LogP) is 3.13. The highest BCUT2D eigenvalue weighted by molar-refractivity contribution is 5.82. The van der Waals surface area contributed by atoms with Gasteiger partial charge in [0.2, 0.25) is 0 Å². The van der Waals surface area contributed by atoms with Gasteiger partial charge in [0.25, 0.3) is 0 Å². The van der Waals surface area contributed by atoms with E-state index in [1.807, 2.05) is 42.0 Å². The summed E-state index contributed by atoms with van der Waals surface area (Å²) >= 11 is 0. The molecule has 0 spiro atoms. The zero-order valence-electron chi connectivity index (χ0n) is 12.4. The summed E-state index contributed by atoms with van der Waals surface area (Å²) in [5.74, 6) is 0.967. The van der Waals surface area contributed by atoms with Gasteiger partial charge in [0, 0.05) is 23.7 Å². The number of aryl methyl sites for hydroxylation is 1. The molecule has 0 saturated carbocycles. The molecule has 1 unspecified atom stereocenters. The minimum atomic E-state index is 0.113. The fourth-order valence-corrected chi connectivity index (χ4v) is 2.69. The molecule has 0 aliphatic heterocycles. The molecule has 3 heterocycles. The smallest absolute Gasteiger partial charge is 0.177 e. The molecule has 5 nitrogen and oxygen atoms in total. The van der Waals surface area contributed by atoms with Gasteiger partial charge in [-0.25, -0.2) is 0 Å². The molecule has 0 aliphatic rings. The van der Waals surface area contributed by atoms with E-state index >= 15 is 0 Å². The largest absolute Gasteiger partial charge is 0.264 e. The van der Waals surface area contributed by atoms with E-state index in [1.165, 1.54) is 10.9 Å². The lowest BCUT2D eigenvalue weighted by Crippen LogP contribution is -2.05. The lowest BCUT2D eigenvalue weighted by Gasteiger charge is -2.11. The fraction of sp³-hybridized carbons (Fsp3) is 0.176. The third kappa shape index (κ3) is 2.02. The van der Waals surface area contributed by atoms with Crippen molar-refractivity contribution in [3.8, 4) is 0 Å². The lowest BCUT2D eigenvalue weighted by molar-refractivity contribution is 0.743. The quantitative estimate of drug-likeness (QED) is 0.569. The van der Waals surface area contributed by atoms with Gasteiger partial charge in [0.1, 0.15) is 0 Å². The molecule has 4 rings (SSSR count). The Kier molecular flexibility index (Phi) is 2.85. The van der Waals surface area contributed by atoms with Gasteiger partial charge in [0.05, 0.1) is 5.69 Å². The fourth-order valence-electron chi connectivity index (χ4n) is 2.69. The van der Waals surface area contributed by atoms with Crippen LogP contribution in [0.2, 0.25) is 0 Å². The third-order valence-corrected chi connectivity index (χ3v) is 3.97. The molecule has 1 aromatic carbocycles. The van der Waals surface area contributed by atoms with Gasteiger partial charge in [-0.1, -0.05) is 25.1 Å². The van der Waals surface area contributed by atoms with E-state index in [4.69, 9.17) is 0 Å². The van der Waals surface area contributed by atoms with E-state index < -0.39 is 0 Å². The highest BCUT2D eigenvalue weighted by atomic mass is 15.4. The molecule has 108 valence electrons. The maximum atomic E-state index is 4.53. The standard InChI is InChI=1S/C17H15N5/c1-11-3-6-16-19-20-17(22(16)21-11)12(2)13-4-5-15-10-18-8-7-14(15)9-13/h3-10,12H,1-2H3. The molecule has 4 aromatic rings. The Labute approximate surface area is 127 Å². The Bertz CT molecular complexity index is 973. The Hall–Kier alpha value is -2.82. The molecule has 1 atom stereocenters. The molecule has 0 saturated heterocycles. The van der Waals surface area contributed by atoms with Gasteiger partial charge in [-0.15, -0.1) is 10.2 Å². The number of hydrogen-bond donors (Lipinski definition) is 0. The number of aromatic nitrogens is 5. The summed E-state index contributed by atoms with van der Waals surface area (Å²) in [7, 11) is 0. The molecule has 0 N–H and O–H groups in total. The van der Waals surface area contributed by atoms with E-state index in [1.54, 1.807) is 0 Å². The maximum absolute atomic E-state index is 4.53. The van der Waals surface area contributed by atoms with Crippen LogP contribution in [0.4, 0.5) is 0 Å². The van der Waals surface area contributed by atoms with Crippen molar-refractivity contribution in [2.75, 3.05) is 0 Å². The first-order valence-electron chi connectivity index (χ1n) is 7.25. The molecule has 0 amide bonds. The van der Waals surface area contributed by atoms with Crippen LogP contribution in [0.5, 0.6) is 0 Å². The molecule has 5 heteroatoms. The van der Waals surface area contributed by atoms with Gasteiger partial charge in [-0.2, -0.15) is 9.61 Å². The monoisotopic (exact) mass is 289 g/mol. The van der Waals surface area contributed by atoms with Gasteiger partial charge in [-0.05, 0) is 36.1 Å². The minimum Gasteiger partial charge on any atom is -0.264 e. The second-order valence-corrected chi connectivity index (χ2v) is 5.51. The van der Waals surface area contributed by atoms with Crippen LogP contribution < -0.4 is 0 Å². The summed E-state index contributed by atoms with van der Waals surface area (Å²) in [5.41, 5.74) is 2.92. The van der Waals surface area contributed by atoms with Crippen LogP contribution in [-0.2, 0) is 0 Å². The summed E-state index contributed by atoms with van der Waals surface area (Å²) in [5, 5.41) is 15.4. The molecule has 0 radical (unpaired) electrons. The number of nitrogens with zero attached hydrogens (tertiary/aromatic N) is 5. The van der Waals surface area contributed by atoms with Crippen molar-refractivity contribution < 1.29 is 0 Å². The van der Waals surface area contributed by atoms with E-state index in [-0.39, 0.29) is 5.92 Å². The normalized spacial score (nSPS) is 12.8. The number of rotatable bonds is 2. The zero-order chi connectivity index (χ0) is 15.1. The SMILES string of the molecule is Cc1ccc2nnc(C(C)c3ccc4cnccc4c3)n2n1. The van der Waals surface area contributed by atoms with E-state index in [0.29, 0.717) is 0 Å². The minimum absolute atomic E-state index is 0.113. The van der Waals surface area contributed by atoms with Crippen molar-refractivity contribution in [2.24, 2.45) is 0 Å². The second kappa shape index (κ2) is 4.87. The second-order valence-electron chi connectivity index (χ2n) is 5.51. The summed E-state index contributed by atoms with van der Waals surface area (Å²) in [6.45, 7) is 4.10. The van der Waals surface area contributed by atoms with Crippen LogP contribution in [0.3, 0.4) is 0 Å². The predicted molar refractivity (Wildman–Crippen MR) is 84.8 cm³/mol. The van der Waals surface area contributed by atoms with Gasteiger partial charge in [0.15, 0.2) is 11.5 Å². The number of benzene rings is 1. The molecule has 0 bridgehead atoms. The maximum Gasteiger partial charge on any atom is 0.177 e. The van der Waals surface area contributed by atoms with Crippen LogP contribution >= 0.6 is 0 Å². The third-order valence-electron chi connectivity index (χ3n) is 3.97. The average Bonchev–Trinajstić information content (AvgIpc) is 2.96. The Morgan fingerprint density at radius 3 is 2.82 bits per heavy atom. The number of hydrogen-bond acceptors (Lipinski definition) is 4. The molecule has 22 heavy (non-hydrogen) atoms. The molecule has 0 fully saturated rings. The van der Waals surface area contributed by atoms with Crippen LogP contribution in [0.25, 0.3) is 16.4 Å². The van der Waals surface area contributed by atoms with Crippen LogP contribution in [0, 0.1) is 6.92 Å². The van der Waals surface area contributed by atoms with Gasteiger partial charge < -0.3 is 0 Å². The lowest BCUT2D eigenvalue weighted by atomic mass is 9.98. The van der Waals surface area contributed by atoms with Crippen molar-refractivity contribution in [1.29, 1.82) is 0 Å². The summed E-state index contributed by atoms with van der Waals surface area (Å²) in [4.78, 5) is 4.15. The van der Waals surface area contributed by atoms with Crippen molar-refractivity contribution in [3.05, 3.63) is 65.9 Å². The first kappa shape index (κ1) is 12.9. The first-order valence-corrected chi connectivity index (χ1v) is 7.25. The molecule has 0 aliphatic carbocycles. The Morgan fingerprint density at radius 1 is 1.00 bits per heavy atom. The highest BCUT2D eigenvalue weighted by Gasteiger charge is 2.16. The number of fused-ring (bicyclic) bond motifs is 2. The summed E-state index contributed by atoms with van der Waals surface area (Å²) in [6, 6.07) is 12.3. The van der Waals surface area contributed by atoms with E-state index in [9.17, 15) is 0 Å². The zero-order valence-corrected chi connectivity index (χ0v) is 12.4. The van der Waals surface area contributed by atoms with Crippen LogP contribution in [0.15, 0.2) is 48.8 Å². The molecular formula is C17H15N5. The summed E-state index contributed by atoms with van der Waals surface area (Å²) < 4.78 is 1.83. The highest BCUT2D eigenvalue weighted by Crippen LogP contribution is 2.25. The number of pyridine rings is 1. The summed E-state index contributed by atoms with van der Waals surface area (Å²) in [6.07, 6.45) is 3.69. The van der Waals surface area contributed by atoms with E-state index in [2.05, 4.69) is 45.4 Å². The molecular weight excluding hydrogens is 274 g/mol. The Morgan fingerprint density at radius 2 is 1.91 bits per heavy atom. The van der Waals surface area contributed by atoms with Crippen LogP contribution in [0.1, 0.15) is 29.9 Å². The average molecular weight is 289 g/mol. The van der Waals surface area contributed by atoms with Crippen molar-refractivity contribution in [1.82, 2.24) is 24.8 Å². The Balaban J connectivity index is 1.84. The van der Waals surface area contributed by atoms with Crippen molar-refractivity contribution in [3.63, 3.8) is 0 Å². The molecule has 3 aromatic heterocycles. The van der Waals surface area contributed by atoms with Gasteiger partial charge in [-0.3, -0.25) is 4.98 Å². The first-order chi connectivity index (χ1) is 10.7. The van der Waals surface area contributed by atoms with Crippen molar-refractivity contribution >= 4 is 16.4 Å². The van der Waals surface area contributed by atoms with Crippen molar-refractivity contribution in [2.45, 2.75) is 19.8 Å². The van der Waals surface area contributed by atoms with Gasteiger partial charge >= 0.3 is 0 Å².